The lowest BCUT2D eigenvalue weighted by molar-refractivity contribution is -0.127. The number of amides is 1. The number of nitrogens with one attached hydrogen (secondary N) is 2. The Morgan fingerprint density at radius 1 is 1.35 bits per heavy atom. The molecule has 0 spiro atoms. The lowest BCUT2D eigenvalue weighted by Gasteiger charge is -2.15. The van der Waals surface area contributed by atoms with Crippen LogP contribution in [0.2, 0.25) is 5.02 Å². The zero-order valence-corrected chi connectivity index (χ0v) is 16.9. The Bertz CT molecular complexity index is 589. The minimum absolute atomic E-state index is 0.0224. The number of aliphatic imine (C=N–C) groups is 1. The van der Waals surface area contributed by atoms with Crippen LogP contribution in [0, 0.1) is 5.92 Å². The van der Waals surface area contributed by atoms with Crippen LogP contribution >= 0.6 is 23.4 Å². The molecule has 8 heteroatoms. The van der Waals surface area contributed by atoms with Crippen molar-refractivity contribution in [1.29, 1.82) is 0 Å². The molecule has 1 unspecified atom stereocenters. The number of likely N-dealkylation sites (N-methyl/N-ethyl adjacent to an activating group) is 1. The molecule has 2 rings (SSSR count). The standard InChI is InChI=1S/C18H27ClN4O2S/c1-23(2)17(24)12-22-18(21-11-14-7-9-25-13-14)20-8-10-26-16-5-3-15(19)4-6-16/h3-6,14H,7-13H2,1-2H3,(H2,20,21,22). The maximum atomic E-state index is 11.8. The van der Waals surface area contributed by atoms with Gasteiger partial charge in [0.15, 0.2) is 5.96 Å². The van der Waals surface area contributed by atoms with Gasteiger partial charge in [0, 0.05) is 55.4 Å². The average Bonchev–Trinajstić information content (AvgIpc) is 3.15. The quantitative estimate of drug-likeness (QED) is 0.304. The second-order valence-electron chi connectivity index (χ2n) is 6.29. The van der Waals surface area contributed by atoms with Crippen molar-refractivity contribution >= 4 is 35.2 Å². The van der Waals surface area contributed by atoms with Gasteiger partial charge in [-0.15, -0.1) is 11.8 Å². The van der Waals surface area contributed by atoms with Crippen LogP contribution in [-0.2, 0) is 9.53 Å². The number of hydrogen-bond acceptors (Lipinski definition) is 4. The van der Waals surface area contributed by atoms with Gasteiger partial charge in [0.1, 0.15) is 6.54 Å². The van der Waals surface area contributed by atoms with Gasteiger partial charge in [0.25, 0.3) is 0 Å². The fraction of sp³-hybridized carbons (Fsp3) is 0.556. The van der Waals surface area contributed by atoms with Crippen LogP contribution in [0.4, 0.5) is 0 Å². The normalized spacial score (nSPS) is 17.2. The van der Waals surface area contributed by atoms with Crippen molar-refractivity contribution in [3.05, 3.63) is 29.3 Å². The predicted molar refractivity (Wildman–Crippen MR) is 108 cm³/mol. The maximum Gasteiger partial charge on any atom is 0.243 e. The van der Waals surface area contributed by atoms with Gasteiger partial charge < -0.3 is 20.3 Å². The molecule has 1 aromatic carbocycles. The molecule has 26 heavy (non-hydrogen) atoms. The molecule has 1 fully saturated rings. The van der Waals surface area contributed by atoms with Crippen molar-refractivity contribution in [3.8, 4) is 0 Å². The van der Waals surface area contributed by atoms with Crippen LogP contribution in [0.1, 0.15) is 6.42 Å². The molecule has 0 aliphatic carbocycles. The number of thioether (sulfide) groups is 1. The van der Waals surface area contributed by atoms with Crippen LogP contribution in [0.3, 0.4) is 0 Å². The third-order valence-corrected chi connectivity index (χ3v) is 5.20. The average molecular weight is 399 g/mol. The third kappa shape index (κ3) is 7.85. The first-order valence-corrected chi connectivity index (χ1v) is 10.1. The van der Waals surface area contributed by atoms with E-state index in [-0.39, 0.29) is 12.5 Å². The first-order valence-electron chi connectivity index (χ1n) is 8.73. The summed E-state index contributed by atoms with van der Waals surface area (Å²) in [6.07, 6.45) is 1.06. The molecule has 1 atom stereocenters. The number of benzene rings is 1. The van der Waals surface area contributed by atoms with Gasteiger partial charge >= 0.3 is 0 Å². The Hall–Kier alpha value is -1.44. The molecule has 0 aromatic heterocycles. The topological polar surface area (TPSA) is 66.0 Å². The fourth-order valence-corrected chi connectivity index (χ4v) is 3.21. The number of carbonyl (C=O) groups excluding carboxylic acids is 1. The van der Waals surface area contributed by atoms with Gasteiger partial charge in [-0.1, -0.05) is 11.6 Å². The van der Waals surface area contributed by atoms with E-state index in [1.807, 2.05) is 24.3 Å². The molecule has 2 N–H and O–H groups in total. The molecule has 1 aromatic rings. The molecule has 144 valence electrons. The highest BCUT2D eigenvalue weighted by Crippen LogP contribution is 2.19. The van der Waals surface area contributed by atoms with E-state index in [9.17, 15) is 4.79 Å². The summed E-state index contributed by atoms with van der Waals surface area (Å²) in [4.78, 5) is 18.9. The summed E-state index contributed by atoms with van der Waals surface area (Å²) in [6.45, 7) is 3.28. The highest BCUT2D eigenvalue weighted by atomic mass is 35.5. The van der Waals surface area contributed by atoms with Gasteiger partial charge in [0.05, 0.1) is 6.61 Å². The van der Waals surface area contributed by atoms with E-state index < -0.39 is 0 Å². The second kappa shape index (κ2) is 11.3. The zero-order valence-electron chi connectivity index (χ0n) is 15.3. The molecule has 1 amide bonds. The molecule has 1 heterocycles. The molecule has 0 radical (unpaired) electrons. The summed E-state index contributed by atoms with van der Waals surface area (Å²) in [6, 6.07) is 7.80. The number of ether oxygens (including phenoxy) is 1. The second-order valence-corrected chi connectivity index (χ2v) is 7.90. The van der Waals surface area contributed by atoms with Crippen LogP contribution in [0.15, 0.2) is 34.2 Å². The Balaban J connectivity index is 1.78. The lowest BCUT2D eigenvalue weighted by Crippen LogP contribution is -2.41. The molecule has 0 saturated carbocycles. The van der Waals surface area contributed by atoms with Crippen LogP contribution < -0.4 is 10.6 Å². The van der Waals surface area contributed by atoms with Gasteiger partial charge in [0.2, 0.25) is 5.91 Å². The van der Waals surface area contributed by atoms with E-state index in [0.717, 1.165) is 43.5 Å². The highest BCUT2D eigenvalue weighted by Gasteiger charge is 2.16. The van der Waals surface area contributed by atoms with E-state index in [1.54, 1.807) is 30.8 Å². The van der Waals surface area contributed by atoms with Crippen LogP contribution in [0.5, 0.6) is 0 Å². The summed E-state index contributed by atoms with van der Waals surface area (Å²) in [5.41, 5.74) is 0. The van der Waals surface area contributed by atoms with Crippen LogP contribution in [-0.4, -0.2) is 69.5 Å². The first kappa shape index (κ1) is 20.9. The number of carbonyl (C=O) groups is 1. The van der Waals surface area contributed by atoms with Gasteiger partial charge in [-0.25, -0.2) is 4.99 Å². The molecule has 6 nitrogen and oxygen atoms in total. The van der Waals surface area contributed by atoms with E-state index >= 15 is 0 Å². The van der Waals surface area contributed by atoms with Crippen molar-refractivity contribution in [2.45, 2.75) is 11.3 Å². The van der Waals surface area contributed by atoms with Crippen molar-refractivity contribution in [1.82, 2.24) is 15.5 Å². The summed E-state index contributed by atoms with van der Waals surface area (Å²) < 4.78 is 5.40. The maximum absolute atomic E-state index is 11.8. The molecule has 1 aliphatic heterocycles. The van der Waals surface area contributed by atoms with Crippen LogP contribution in [0.25, 0.3) is 0 Å². The number of nitrogens with zero attached hydrogens (tertiary/aromatic N) is 2. The van der Waals surface area contributed by atoms with E-state index in [4.69, 9.17) is 16.3 Å². The molecular formula is C18H27ClN4O2S. The Morgan fingerprint density at radius 2 is 2.12 bits per heavy atom. The van der Waals surface area contributed by atoms with E-state index in [1.165, 1.54) is 4.90 Å². The minimum atomic E-state index is -0.0224. The Kier molecular flexibility index (Phi) is 9.08. The number of rotatable bonds is 8. The van der Waals surface area contributed by atoms with Crippen molar-refractivity contribution in [2.75, 3.05) is 52.7 Å². The minimum Gasteiger partial charge on any atom is -0.381 e. The highest BCUT2D eigenvalue weighted by molar-refractivity contribution is 7.99. The number of hydrogen-bond donors (Lipinski definition) is 2. The smallest absolute Gasteiger partial charge is 0.243 e. The zero-order chi connectivity index (χ0) is 18.8. The number of guanidine groups is 1. The third-order valence-electron chi connectivity index (χ3n) is 3.93. The summed E-state index contributed by atoms with van der Waals surface area (Å²) in [5, 5.41) is 7.37. The molecule has 0 bridgehead atoms. The monoisotopic (exact) mass is 398 g/mol. The van der Waals surface area contributed by atoms with Crippen molar-refractivity contribution in [2.24, 2.45) is 10.9 Å². The van der Waals surface area contributed by atoms with E-state index in [2.05, 4.69) is 15.6 Å². The van der Waals surface area contributed by atoms with Crippen molar-refractivity contribution in [3.63, 3.8) is 0 Å². The summed E-state index contributed by atoms with van der Waals surface area (Å²) in [7, 11) is 3.47. The summed E-state index contributed by atoms with van der Waals surface area (Å²) >= 11 is 7.64. The lowest BCUT2D eigenvalue weighted by atomic mass is 10.1. The number of halogens is 1. The van der Waals surface area contributed by atoms with Gasteiger partial charge in [-0.2, -0.15) is 0 Å². The van der Waals surface area contributed by atoms with Crippen molar-refractivity contribution < 1.29 is 9.53 Å². The SMILES string of the molecule is CN(C)C(=O)CN=C(NCCSc1ccc(Cl)cc1)NCC1CCOC1. The largest absolute Gasteiger partial charge is 0.381 e. The molecule has 1 aliphatic rings. The van der Waals surface area contributed by atoms with Gasteiger partial charge in [-0.3, -0.25) is 4.79 Å². The van der Waals surface area contributed by atoms with Gasteiger partial charge in [-0.05, 0) is 30.7 Å². The Morgan fingerprint density at radius 3 is 2.77 bits per heavy atom. The predicted octanol–water partition coefficient (Wildman–Crippen LogP) is 2.09. The Labute approximate surface area is 164 Å². The molecule has 1 saturated heterocycles. The fourth-order valence-electron chi connectivity index (χ4n) is 2.32. The summed E-state index contributed by atoms with van der Waals surface area (Å²) in [5.74, 6) is 2.03. The molecular weight excluding hydrogens is 372 g/mol. The first-order chi connectivity index (χ1) is 12.5. The van der Waals surface area contributed by atoms with E-state index in [0.29, 0.717) is 11.9 Å².